The van der Waals surface area contributed by atoms with Gasteiger partial charge in [0.25, 0.3) is 0 Å². The zero-order valence-electron chi connectivity index (χ0n) is 20.4. The summed E-state index contributed by atoms with van der Waals surface area (Å²) in [7, 11) is 0. The van der Waals surface area contributed by atoms with E-state index < -0.39 is 0 Å². The van der Waals surface area contributed by atoms with Crippen LogP contribution in [0.3, 0.4) is 0 Å². The molecular weight excluding hydrogens is 432 g/mol. The fourth-order valence-corrected chi connectivity index (χ4v) is 4.67. The van der Waals surface area contributed by atoms with E-state index in [4.69, 9.17) is 15.7 Å². The van der Waals surface area contributed by atoms with E-state index in [9.17, 15) is 0 Å². The molecule has 2 aromatic heterocycles. The molecule has 2 unspecified atom stereocenters. The third kappa shape index (κ3) is 5.33. The van der Waals surface area contributed by atoms with Crippen molar-refractivity contribution in [3.05, 3.63) is 95.8 Å². The van der Waals surface area contributed by atoms with Crippen molar-refractivity contribution in [1.29, 1.82) is 0 Å². The predicted molar refractivity (Wildman–Crippen MR) is 143 cm³/mol. The molecule has 0 spiro atoms. The van der Waals surface area contributed by atoms with E-state index in [1.54, 1.807) is 0 Å². The highest BCUT2D eigenvalue weighted by atomic mass is 15.2. The Morgan fingerprint density at radius 2 is 1.86 bits per heavy atom. The standard InChI is InChI=1S/C29H32N6/c1-20(16-22-8-6-11-24(17-22)21(2)30)33-29-31-14-13-28(34-29)35-15-7-12-25-19-32-26(18-27(25)35)23-9-4-3-5-10-23/h3-6,8-11,13-14,17-21H,7,12,15-16,30H2,1-2H3,(H,31,33,34). The molecule has 2 aromatic carbocycles. The quantitative estimate of drug-likeness (QED) is 0.366. The second-order valence-corrected chi connectivity index (χ2v) is 9.34. The Morgan fingerprint density at radius 1 is 1.00 bits per heavy atom. The Bertz CT molecular complexity index is 1290. The fraction of sp³-hybridized carbons (Fsp3) is 0.276. The molecule has 2 atom stereocenters. The number of anilines is 3. The highest BCUT2D eigenvalue weighted by molar-refractivity contribution is 5.72. The van der Waals surface area contributed by atoms with Gasteiger partial charge in [-0.2, -0.15) is 4.98 Å². The van der Waals surface area contributed by atoms with Crippen LogP contribution in [-0.2, 0) is 12.8 Å². The normalized spacial score (nSPS) is 14.8. The van der Waals surface area contributed by atoms with E-state index in [2.05, 4.69) is 64.6 Å². The lowest BCUT2D eigenvalue weighted by atomic mass is 10.0. The van der Waals surface area contributed by atoms with Gasteiger partial charge in [-0.3, -0.25) is 4.98 Å². The average Bonchev–Trinajstić information content (AvgIpc) is 2.89. The van der Waals surface area contributed by atoms with Crippen LogP contribution in [0.2, 0.25) is 0 Å². The smallest absolute Gasteiger partial charge is 0.224 e. The molecule has 0 saturated heterocycles. The number of pyridine rings is 1. The molecule has 0 radical (unpaired) electrons. The van der Waals surface area contributed by atoms with Crippen LogP contribution in [0, 0.1) is 0 Å². The van der Waals surface area contributed by atoms with Crippen LogP contribution in [0.15, 0.2) is 79.1 Å². The predicted octanol–water partition coefficient (Wildman–Crippen LogP) is 5.69. The summed E-state index contributed by atoms with van der Waals surface area (Å²) in [4.78, 5) is 16.4. The van der Waals surface area contributed by atoms with E-state index in [-0.39, 0.29) is 12.1 Å². The zero-order chi connectivity index (χ0) is 24.2. The van der Waals surface area contributed by atoms with Crippen LogP contribution >= 0.6 is 0 Å². The molecule has 0 amide bonds. The number of fused-ring (bicyclic) bond motifs is 1. The summed E-state index contributed by atoms with van der Waals surface area (Å²) in [6.45, 7) is 5.08. The number of aromatic nitrogens is 3. The molecule has 3 heterocycles. The van der Waals surface area contributed by atoms with Gasteiger partial charge in [0.2, 0.25) is 5.95 Å². The average molecular weight is 465 g/mol. The van der Waals surface area contributed by atoms with E-state index in [1.165, 1.54) is 16.8 Å². The molecule has 4 aromatic rings. The van der Waals surface area contributed by atoms with Crippen molar-refractivity contribution in [2.24, 2.45) is 5.73 Å². The van der Waals surface area contributed by atoms with Crippen molar-refractivity contribution in [2.45, 2.75) is 45.2 Å². The van der Waals surface area contributed by atoms with Crippen LogP contribution in [0.25, 0.3) is 11.3 Å². The van der Waals surface area contributed by atoms with E-state index in [1.807, 2.05) is 43.6 Å². The fourth-order valence-electron chi connectivity index (χ4n) is 4.67. The van der Waals surface area contributed by atoms with Crippen LogP contribution in [0.1, 0.15) is 43.0 Å². The lowest BCUT2D eigenvalue weighted by Crippen LogP contribution is -2.26. The van der Waals surface area contributed by atoms with Gasteiger partial charge in [-0.15, -0.1) is 0 Å². The third-order valence-corrected chi connectivity index (χ3v) is 6.46. The molecule has 1 aliphatic heterocycles. The zero-order valence-corrected chi connectivity index (χ0v) is 20.4. The summed E-state index contributed by atoms with van der Waals surface area (Å²) < 4.78 is 0. The SMILES string of the molecule is CC(Cc1cccc(C(C)N)c1)Nc1nccc(N2CCCc3cnc(-c4ccccc4)cc32)n1. The van der Waals surface area contributed by atoms with E-state index >= 15 is 0 Å². The minimum absolute atomic E-state index is 0.0308. The summed E-state index contributed by atoms with van der Waals surface area (Å²) >= 11 is 0. The number of nitrogens with two attached hydrogens (primary N) is 1. The topological polar surface area (TPSA) is 80.0 Å². The molecular formula is C29H32N6. The summed E-state index contributed by atoms with van der Waals surface area (Å²) in [5, 5.41) is 3.49. The highest BCUT2D eigenvalue weighted by Gasteiger charge is 2.21. The molecule has 178 valence electrons. The number of rotatable bonds is 7. The Morgan fingerprint density at radius 3 is 2.69 bits per heavy atom. The maximum Gasteiger partial charge on any atom is 0.224 e. The molecule has 0 fully saturated rings. The second-order valence-electron chi connectivity index (χ2n) is 9.34. The Kier molecular flexibility index (Phi) is 6.73. The Hall–Kier alpha value is -3.77. The number of hydrogen-bond donors (Lipinski definition) is 2. The van der Waals surface area contributed by atoms with Crippen molar-refractivity contribution >= 4 is 17.5 Å². The van der Waals surface area contributed by atoms with Crippen molar-refractivity contribution in [3.8, 4) is 11.3 Å². The lowest BCUT2D eigenvalue weighted by Gasteiger charge is -2.30. The largest absolute Gasteiger partial charge is 0.351 e. The van der Waals surface area contributed by atoms with Crippen LogP contribution in [-0.4, -0.2) is 27.5 Å². The van der Waals surface area contributed by atoms with Crippen molar-refractivity contribution in [3.63, 3.8) is 0 Å². The lowest BCUT2D eigenvalue weighted by molar-refractivity contribution is 0.748. The van der Waals surface area contributed by atoms with E-state index in [0.717, 1.165) is 48.4 Å². The highest BCUT2D eigenvalue weighted by Crippen LogP contribution is 2.34. The van der Waals surface area contributed by atoms with Gasteiger partial charge in [-0.25, -0.2) is 4.98 Å². The van der Waals surface area contributed by atoms with Gasteiger partial charge in [0.05, 0.1) is 5.69 Å². The van der Waals surface area contributed by atoms with Gasteiger partial charge in [0.1, 0.15) is 5.82 Å². The van der Waals surface area contributed by atoms with Gasteiger partial charge < -0.3 is 16.0 Å². The number of nitrogens with one attached hydrogen (secondary N) is 1. The first kappa shape index (κ1) is 23.0. The molecule has 6 heteroatoms. The Balaban J connectivity index is 1.35. The molecule has 5 rings (SSSR count). The first-order chi connectivity index (χ1) is 17.1. The van der Waals surface area contributed by atoms with E-state index in [0.29, 0.717) is 5.95 Å². The Labute approximate surface area is 207 Å². The molecule has 0 saturated carbocycles. The molecule has 0 aliphatic carbocycles. The van der Waals surface area contributed by atoms with Crippen LogP contribution < -0.4 is 16.0 Å². The molecule has 0 bridgehead atoms. The van der Waals surface area contributed by atoms with Gasteiger partial charge in [-0.1, -0.05) is 54.6 Å². The summed E-state index contributed by atoms with van der Waals surface area (Å²) in [6, 6.07) is 23.2. The number of benzene rings is 2. The molecule has 6 nitrogen and oxygen atoms in total. The minimum Gasteiger partial charge on any atom is -0.351 e. The molecule has 1 aliphatic rings. The maximum absolute atomic E-state index is 6.06. The monoisotopic (exact) mass is 464 g/mol. The summed E-state index contributed by atoms with van der Waals surface area (Å²) in [5.74, 6) is 1.54. The van der Waals surface area contributed by atoms with Gasteiger partial charge in [0, 0.05) is 42.3 Å². The second kappa shape index (κ2) is 10.2. The van der Waals surface area contributed by atoms with Gasteiger partial charge >= 0.3 is 0 Å². The first-order valence-electron chi connectivity index (χ1n) is 12.3. The van der Waals surface area contributed by atoms with Gasteiger partial charge in [0.15, 0.2) is 0 Å². The summed E-state index contributed by atoms with van der Waals surface area (Å²) in [5.41, 5.74) is 13.0. The van der Waals surface area contributed by atoms with Crippen LogP contribution in [0.5, 0.6) is 0 Å². The minimum atomic E-state index is 0.0308. The molecule has 3 N–H and O–H groups in total. The van der Waals surface area contributed by atoms with Crippen molar-refractivity contribution < 1.29 is 0 Å². The third-order valence-electron chi connectivity index (χ3n) is 6.46. The number of nitrogens with zero attached hydrogens (tertiary/aromatic N) is 4. The number of aryl methyl sites for hydroxylation is 1. The van der Waals surface area contributed by atoms with Crippen molar-refractivity contribution in [1.82, 2.24) is 15.0 Å². The maximum atomic E-state index is 6.06. The number of hydrogen-bond acceptors (Lipinski definition) is 6. The molecule has 35 heavy (non-hydrogen) atoms. The summed E-state index contributed by atoms with van der Waals surface area (Å²) in [6.07, 6.45) is 6.82. The van der Waals surface area contributed by atoms with Crippen LogP contribution in [0.4, 0.5) is 17.5 Å². The first-order valence-corrected chi connectivity index (χ1v) is 12.3. The van der Waals surface area contributed by atoms with Crippen molar-refractivity contribution in [2.75, 3.05) is 16.8 Å². The van der Waals surface area contributed by atoms with Gasteiger partial charge in [-0.05, 0) is 61.9 Å².